The lowest BCUT2D eigenvalue weighted by Gasteiger charge is -2.04. The van der Waals surface area contributed by atoms with Gasteiger partial charge in [0.2, 0.25) is 0 Å². The molecule has 1 aromatic heterocycles. The van der Waals surface area contributed by atoms with Crippen molar-refractivity contribution >= 4 is 43.1 Å². The van der Waals surface area contributed by atoms with Crippen LogP contribution in [0.2, 0.25) is 5.02 Å². The summed E-state index contributed by atoms with van der Waals surface area (Å²) in [5, 5.41) is 1.74. The minimum absolute atomic E-state index is 0.0387. The molecule has 4 heteroatoms. The SMILES string of the molecule is COc1ccc2sc3cccc(Cl)c3c(=O)c2c1. The fraction of sp³-hybridized carbons (Fsp3) is 0.0714. The molecule has 0 fully saturated rings. The summed E-state index contributed by atoms with van der Waals surface area (Å²) >= 11 is 7.67. The topological polar surface area (TPSA) is 26.3 Å². The highest BCUT2D eigenvalue weighted by Crippen LogP contribution is 2.30. The first-order valence-electron chi connectivity index (χ1n) is 5.40. The lowest BCUT2D eigenvalue weighted by atomic mass is 10.2. The minimum atomic E-state index is -0.0387. The molecule has 0 saturated heterocycles. The van der Waals surface area contributed by atoms with Crippen LogP contribution < -0.4 is 10.2 Å². The van der Waals surface area contributed by atoms with E-state index in [1.165, 1.54) is 0 Å². The van der Waals surface area contributed by atoms with Crippen LogP contribution >= 0.6 is 22.9 Å². The molecular weight excluding hydrogens is 268 g/mol. The van der Waals surface area contributed by atoms with Crippen molar-refractivity contribution in [1.82, 2.24) is 0 Å². The minimum Gasteiger partial charge on any atom is -0.497 e. The highest BCUT2D eigenvalue weighted by Gasteiger charge is 2.09. The molecular formula is C14H9ClO2S. The van der Waals surface area contributed by atoms with Crippen LogP contribution in [0.25, 0.3) is 20.2 Å². The van der Waals surface area contributed by atoms with Crippen LogP contribution in [0.3, 0.4) is 0 Å². The molecule has 0 unspecified atom stereocenters. The summed E-state index contributed by atoms with van der Waals surface area (Å²) in [5.41, 5.74) is -0.0387. The maximum absolute atomic E-state index is 12.4. The Labute approximate surface area is 112 Å². The zero-order chi connectivity index (χ0) is 12.7. The van der Waals surface area contributed by atoms with Crippen molar-refractivity contribution in [3.8, 4) is 5.75 Å². The van der Waals surface area contributed by atoms with E-state index in [-0.39, 0.29) is 5.43 Å². The predicted octanol–water partition coefficient (Wildman–Crippen LogP) is 4.08. The average Bonchev–Trinajstić information content (AvgIpc) is 2.38. The number of hydrogen-bond acceptors (Lipinski definition) is 3. The number of rotatable bonds is 1. The Kier molecular flexibility index (Phi) is 2.73. The molecule has 2 aromatic carbocycles. The van der Waals surface area contributed by atoms with Gasteiger partial charge in [-0.05, 0) is 30.3 Å². The van der Waals surface area contributed by atoms with Crippen molar-refractivity contribution in [1.29, 1.82) is 0 Å². The molecule has 0 bridgehead atoms. The van der Waals surface area contributed by atoms with Crippen molar-refractivity contribution in [2.45, 2.75) is 0 Å². The van der Waals surface area contributed by atoms with Crippen molar-refractivity contribution in [3.63, 3.8) is 0 Å². The van der Waals surface area contributed by atoms with E-state index in [0.29, 0.717) is 21.5 Å². The molecule has 0 amide bonds. The Balaban J connectivity index is 2.54. The number of hydrogen-bond donors (Lipinski definition) is 0. The standard InChI is InChI=1S/C14H9ClO2S/c1-17-8-5-6-11-9(7-8)14(16)13-10(15)3-2-4-12(13)18-11/h2-7H,1H3. The Morgan fingerprint density at radius 3 is 2.78 bits per heavy atom. The molecule has 1 heterocycles. The number of fused-ring (bicyclic) bond motifs is 2. The summed E-state index contributed by atoms with van der Waals surface area (Å²) in [6, 6.07) is 11.0. The second kappa shape index (κ2) is 4.26. The zero-order valence-corrected chi connectivity index (χ0v) is 11.1. The first kappa shape index (κ1) is 11.5. The fourth-order valence-electron chi connectivity index (χ4n) is 1.97. The molecule has 0 aliphatic rings. The fourth-order valence-corrected chi connectivity index (χ4v) is 3.37. The number of ether oxygens (including phenoxy) is 1. The van der Waals surface area contributed by atoms with E-state index < -0.39 is 0 Å². The quantitative estimate of drug-likeness (QED) is 0.626. The third kappa shape index (κ3) is 1.67. The maximum atomic E-state index is 12.4. The third-order valence-corrected chi connectivity index (χ3v) is 4.30. The van der Waals surface area contributed by atoms with Gasteiger partial charge in [0.1, 0.15) is 5.75 Å². The summed E-state index contributed by atoms with van der Waals surface area (Å²) in [6.45, 7) is 0. The van der Waals surface area contributed by atoms with Gasteiger partial charge in [-0.3, -0.25) is 4.79 Å². The Morgan fingerprint density at radius 1 is 1.17 bits per heavy atom. The highest BCUT2D eigenvalue weighted by atomic mass is 35.5. The normalized spacial score (nSPS) is 11.0. The first-order valence-corrected chi connectivity index (χ1v) is 6.59. The second-order valence-electron chi connectivity index (χ2n) is 3.91. The first-order chi connectivity index (χ1) is 8.70. The van der Waals surface area contributed by atoms with Crippen molar-refractivity contribution in [3.05, 3.63) is 51.6 Å². The van der Waals surface area contributed by atoms with E-state index in [1.807, 2.05) is 24.3 Å². The maximum Gasteiger partial charge on any atom is 0.197 e. The molecule has 0 spiro atoms. The average molecular weight is 277 g/mol. The Bertz CT molecular complexity index is 808. The van der Waals surface area contributed by atoms with Crippen LogP contribution in [-0.4, -0.2) is 7.11 Å². The summed E-state index contributed by atoms with van der Waals surface area (Å²) in [5.74, 6) is 0.679. The van der Waals surface area contributed by atoms with Crippen LogP contribution in [0.15, 0.2) is 41.2 Å². The summed E-state index contributed by atoms with van der Waals surface area (Å²) in [7, 11) is 1.59. The van der Waals surface area contributed by atoms with E-state index >= 15 is 0 Å². The molecule has 90 valence electrons. The molecule has 2 nitrogen and oxygen atoms in total. The van der Waals surface area contributed by atoms with E-state index in [2.05, 4.69) is 0 Å². The lowest BCUT2D eigenvalue weighted by Crippen LogP contribution is -2.01. The van der Waals surface area contributed by atoms with Gasteiger partial charge in [0.15, 0.2) is 5.43 Å². The van der Waals surface area contributed by atoms with Gasteiger partial charge in [-0.15, -0.1) is 11.3 Å². The van der Waals surface area contributed by atoms with Gasteiger partial charge in [0.05, 0.1) is 17.5 Å². The monoisotopic (exact) mass is 276 g/mol. The van der Waals surface area contributed by atoms with Crippen LogP contribution in [0.1, 0.15) is 0 Å². The van der Waals surface area contributed by atoms with Crippen LogP contribution in [-0.2, 0) is 0 Å². The molecule has 18 heavy (non-hydrogen) atoms. The van der Waals surface area contributed by atoms with E-state index in [9.17, 15) is 4.79 Å². The lowest BCUT2D eigenvalue weighted by molar-refractivity contribution is 0.415. The Hall–Kier alpha value is -1.58. The van der Waals surface area contributed by atoms with Gasteiger partial charge in [0, 0.05) is 14.8 Å². The smallest absolute Gasteiger partial charge is 0.197 e. The molecule has 0 saturated carbocycles. The van der Waals surface area contributed by atoms with Crippen molar-refractivity contribution < 1.29 is 4.74 Å². The second-order valence-corrected chi connectivity index (χ2v) is 5.40. The largest absolute Gasteiger partial charge is 0.497 e. The van der Waals surface area contributed by atoms with Crippen molar-refractivity contribution in [2.24, 2.45) is 0 Å². The number of benzene rings is 2. The molecule has 3 rings (SSSR count). The van der Waals surface area contributed by atoms with E-state index in [4.69, 9.17) is 16.3 Å². The van der Waals surface area contributed by atoms with Gasteiger partial charge >= 0.3 is 0 Å². The number of methoxy groups -OCH3 is 1. The zero-order valence-electron chi connectivity index (χ0n) is 9.57. The molecule has 0 radical (unpaired) electrons. The van der Waals surface area contributed by atoms with Gasteiger partial charge in [0.25, 0.3) is 0 Å². The van der Waals surface area contributed by atoms with Crippen LogP contribution in [0.4, 0.5) is 0 Å². The molecule has 0 N–H and O–H groups in total. The van der Waals surface area contributed by atoms with Gasteiger partial charge in [-0.2, -0.15) is 0 Å². The molecule has 0 aliphatic heterocycles. The predicted molar refractivity (Wildman–Crippen MR) is 77.2 cm³/mol. The Morgan fingerprint density at radius 2 is 2.00 bits per heavy atom. The molecule has 0 aliphatic carbocycles. The summed E-state index contributed by atoms with van der Waals surface area (Å²) < 4.78 is 7.00. The molecule has 0 atom stereocenters. The van der Waals surface area contributed by atoms with Crippen LogP contribution in [0.5, 0.6) is 5.75 Å². The summed E-state index contributed by atoms with van der Waals surface area (Å²) in [6.07, 6.45) is 0. The van der Waals surface area contributed by atoms with Gasteiger partial charge in [-0.1, -0.05) is 17.7 Å². The van der Waals surface area contributed by atoms with Gasteiger partial charge in [-0.25, -0.2) is 0 Å². The van der Waals surface area contributed by atoms with E-state index in [1.54, 1.807) is 30.6 Å². The van der Waals surface area contributed by atoms with Crippen LogP contribution in [0, 0.1) is 0 Å². The van der Waals surface area contributed by atoms with E-state index in [0.717, 1.165) is 9.40 Å². The summed E-state index contributed by atoms with van der Waals surface area (Å²) in [4.78, 5) is 12.4. The van der Waals surface area contributed by atoms with Gasteiger partial charge < -0.3 is 4.74 Å². The highest BCUT2D eigenvalue weighted by molar-refractivity contribution is 7.24. The molecule has 3 aromatic rings. The third-order valence-electron chi connectivity index (χ3n) is 2.85. The number of halogens is 1. The van der Waals surface area contributed by atoms with Crippen molar-refractivity contribution in [2.75, 3.05) is 7.11 Å².